The Hall–Kier alpha value is -1.91. The molecule has 5 nitrogen and oxygen atoms in total. The molecule has 5 heteroatoms. The van der Waals surface area contributed by atoms with Crippen LogP contribution in [0.5, 0.6) is 0 Å². The van der Waals surface area contributed by atoms with Gasteiger partial charge >= 0.3 is 0 Å². The molecular weight excluding hydrogens is 278 g/mol. The van der Waals surface area contributed by atoms with Gasteiger partial charge in [-0.3, -0.25) is 14.6 Å². The molecule has 1 aromatic heterocycles. The van der Waals surface area contributed by atoms with Crippen LogP contribution in [0.4, 0.5) is 0 Å². The molecule has 1 heterocycles. The molecule has 2 N–H and O–H groups in total. The summed E-state index contributed by atoms with van der Waals surface area (Å²) in [5.41, 5.74) is 0.395. The molecule has 0 spiro atoms. The second kappa shape index (κ2) is 9.18. The van der Waals surface area contributed by atoms with Crippen LogP contribution in [-0.2, 0) is 4.79 Å². The molecule has 1 aliphatic rings. The van der Waals surface area contributed by atoms with Crippen LogP contribution in [0.3, 0.4) is 0 Å². The molecule has 1 saturated carbocycles. The first-order valence-corrected chi connectivity index (χ1v) is 8.21. The summed E-state index contributed by atoms with van der Waals surface area (Å²) < 4.78 is 0. The third kappa shape index (κ3) is 5.84. The molecule has 0 saturated heterocycles. The average Bonchev–Trinajstić information content (AvgIpc) is 2.58. The highest BCUT2D eigenvalue weighted by atomic mass is 16.2. The van der Waals surface area contributed by atoms with E-state index in [1.165, 1.54) is 32.1 Å². The molecule has 0 aromatic carbocycles. The summed E-state index contributed by atoms with van der Waals surface area (Å²) in [7, 11) is 0. The number of aromatic nitrogens is 1. The molecule has 1 fully saturated rings. The van der Waals surface area contributed by atoms with Gasteiger partial charge in [-0.1, -0.05) is 38.2 Å². The van der Waals surface area contributed by atoms with E-state index in [9.17, 15) is 9.59 Å². The fraction of sp³-hybridized carbons (Fsp3) is 0.588. The van der Waals surface area contributed by atoms with Gasteiger partial charge in [0.1, 0.15) is 5.69 Å². The fourth-order valence-electron chi connectivity index (χ4n) is 2.87. The molecule has 1 aromatic rings. The van der Waals surface area contributed by atoms with E-state index in [1.54, 1.807) is 24.4 Å². The van der Waals surface area contributed by atoms with Gasteiger partial charge in [0, 0.05) is 25.7 Å². The van der Waals surface area contributed by atoms with Gasteiger partial charge in [-0.2, -0.15) is 0 Å². The number of rotatable bonds is 7. The van der Waals surface area contributed by atoms with Crippen LogP contribution >= 0.6 is 0 Å². The zero-order valence-electron chi connectivity index (χ0n) is 13.0. The lowest BCUT2D eigenvalue weighted by Gasteiger charge is -2.20. The lowest BCUT2D eigenvalue weighted by atomic mass is 9.86. The number of hydrogen-bond acceptors (Lipinski definition) is 3. The Morgan fingerprint density at radius 3 is 2.59 bits per heavy atom. The zero-order valence-corrected chi connectivity index (χ0v) is 13.0. The first kappa shape index (κ1) is 16.5. The predicted octanol–water partition coefficient (Wildman–Crippen LogP) is 2.29. The van der Waals surface area contributed by atoms with Crippen molar-refractivity contribution in [2.75, 3.05) is 13.1 Å². The van der Waals surface area contributed by atoms with E-state index in [2.05, 4.69) is 15.6 Å². The summed E-state index contributed by atoms with van der Waals surface area (Å²) in [5, 5.41) is 5.60. The summed E-state index contributed by atoms with van der Waals surface area (Å²) in [6.45, 7) is 0.882. The first-order valence-electron chi connectivity index (χ1n) is 8.21. The van der Waals surface area contributed by atoms with E-state index in [1.807, 2.05) is 0 Å². The minimum Gasteiger partial charge on any atom is -0.354 e. The monoisotopic (exact) mass is 303 g/mol. The van der Waals surface area contributed by atoms with Crippen LogP contribution in [-0.4, -0.2) is 29.9 Å². The van der Waals surface area contributed by atoms with Gasteiger partial charge in [0.25, 0.3) is 5.91 Å². The second-order valence-corrected chi connectivity index (χ2v) is 5.86. The number of nitrogens with one attached hydrogen (secondary N) is 2. The summed E-state index contributed by atoms with van der Waals surface area (Å²) in [6.07, 6.45) is 9.68. The molecule has 0 atom stereocenters. The molecular formula is C17H25N3O2. The molecule has 1 aliphatic carbocycles. The van der Waals surface area contributed by atoms with Gasteiger partial charge in [-0.05, 0) is 24.5 Å². The van der Waals surface area contributed by atoms with E-state index < -0.39 is 0 Å². The van der Waals surface area contributed by atoms with Gasteiger partial charge in [-0.15, -0.1) is 0 Å². The van der Waals surface area contributed by atoms with Crippen molar-refractivity contribution in [1.82, 2.24) is 15.6 Å². The van der Waals surface area contributed by atoms with Crippen LogP contribution in [0.2, 0.25) is 0 Å². The minimum absolute atomic E-state index is 0.0812. The summed E-state index contributed by atoms with van der Waals surface area (Å²) in [5.74, 6) is 0.595. The molecule has 0 bridgehead atoms. The largest absolute Gasteiger partial charge is 0.354 e. The van der Waals surface area contributed by atoms with Crippen molar-refractivity contribution < 1.29 is 9.59 Å². The lowest BCUT2D eigenvalue weighted by molar-refractivity contribution is -0.121. The SMILES string of the molecule is O=C(CCC1CCCCC1)NCCNC(=O)c1ccccn1. The number of nitrogens with zero attached hydrogens (tertiary/aromatic N) is 1. The highest BCUT2D eigenvalue weighted by Gasteiger charge is 2.14. The van der Waals surface area contributed by atoms with Crippen LogP contribution in [0.25, 0.3) is 0 Å². The Balaban J connectivity index is 1.54. The highest BCUT2D eigenvalue weighted by molar-refractivity contribution is 5.92. The highest BCUT2D eigenvalue weighted by Crippen LogP contribution is 2.27. The minimum atomic E-state index is -0.211. The first-order chi connectivity index (χ1) is 10.8. The molecule has 0 radical (unpaired) electrons. The number of pyridine rings is 1. The van der Waals surface area contributed by atoms with Crippen molar-refractivity contribution in [2.45, 2.75) is 44.9 Å². The van der Waals surface area contributed by atoms with Crippen molar-refractivity contribution in [3.8, 4) is 0 Å². The number of amides is 2. The Labute approximate surface area is 131 Å². The number of carbonyl (C=O) groups excluding carboxylic acids is 2. The quantitative estimate of drug-likeness (QED) is 0.759. The maximum absolute atomic E-state index is 11.8. The molecule has 0 aliphatic heterocycles. The van der Waals surface area contributed by atoms with Crippen molar-refractivity contribution in [1.29, 1.82) is 0 Å². The van der Waals surface area contributed by atoms with Crippen molar-refractivity contribution >= 4 is 11.8 Å². The van der Waals surface area contributed by atoms with Gasteiger partial charge in [0.05, 0.1) is 0 Å². The van der Waals surface area contributed by atoms with Crippen molar-refractivity contribution in [2.24, 2.45) is 5.92 Å². The second-order valence-electron chi connectivity index (χ2n) is 5.86. The van der Waals surface area contributed by atoms with E-state index in [-0.39, 0.29) is 11.8 Å². The number of hydrogen-bond donors (Lipinski definition) is 2. The lowest BCUT2D eigenvalue weighted by Crippen LogP contribution is -2.35. The van der Waals surface area contributed by atoms with Gasteiger partial charge in [0.2, 0.25) is 5.91 Å². The molecule has 22 heavy (non-hydrogen) atoms. The third-order valence-corrected chi connectivity index (χ3v) is 4.13. The van der Waals surface area contributed by atoms with Crippen molar-refractivity contribution in [3.63, 3.8) is 0 Å². The topological polar surface area (TPSA) is 71.1 Å². The van der Waals surface area contributed by atoms with Crippen molar-refractivity contribution in [3.05, 3.63) is 30.1 Å². The third-order valence-electron chi connectivity index (χ3n) is 4.13. The fourth-order valence-corrected chi connectivity index (χ4v) is 2.87. The van der Waals surface area contributed by atoms with E-state index >= 15 is 0 Å². The summed E-state index contributed by atoms with van der Waals surface area (Å²) >= 11 is 0. The normalized spacial score (nSPS) is 15.3. The zero-order chi connectivity index (χ0) is 15.6. The van der Waals surface area contributed by atoms with E-state index in [0.717, 1.165) is 12.3 Å². The standard InChI is InChI=1S/C17H25N3O2/c21-16(10-9-14-6-2-1-3-7-14)19-12-13-20-17(22)15-8-4-5-11-18-15/h4-5,8,11,14H,1-3,6-7,9-10,12-13H2,(H,19,21)(H,20,22). The molecule has 2 rings (SSSR count). The van der Waals surface area contributed by atoms with E-state index in [0.29, 0.717) is 25.2 Å². The molecule has 120 valence electrons. The van der Waals surface area contributed by atoms with E-state index in [4.69, 9.17) is 0 Å². The number of carbonyl (C=O) groups is 2. The predicted molar refractivity (Wildman–Crippen MR) is 85.4 cm³/mol. The maximum atomic E-state index is 11.8. The van der Waals surface area contributed by atoms with Crippen LogP contribution in [0.1, 0.15) is 55.4 Å². The Morgan fingerprint density at radius 1 is 1.09 bits per heavy atom. The van der Waals surface area contributed by atoms with Gasteiger partial charge in [-0.25, -0.2) is 0 Å². The van der Waals surface area contributed by atoms with Gasteiger partial charge in [0.15, 0.2) is 0 Å². The van der Waals surface area contributed by atoms with Crippen LogP contribution in [0, 0.1) is 5.92 Å². The smallest absolute Gasteiger partial charge is 0.269 e. The molecule has 2 amide bonds. The Morgan fingerprint density at radius 2 is 1.86 bits per heavy atom. The molecule has 0 unspecified atom stereocenters. The Kier molecular flexibility index (Phi) is 6.87. The average molecular weight is 303 g/mol. The summed E-state index contributed by atoms with van der Waals surface area (Å²) in [4.78, 5) is 27.5. The van der Waals surface area contributed by atoms with Gasteiger partial charge < -0.3 is 10.6 Å². The maximum Gasteiger partial charge on any atom is 0.269 e. The van der Waals surface area contributed by atoms with Crippen LogP contribution in [0.15, 0.2) is 24.4 Å². The van der Waals surface area contributed by atoms with Crippen LogP contribution < -0.4 is 10.6 Å². The summed E-state index contributed by atoms with van der Waals surface area (Å²) in [6, 6.07) is 5.20. The Bertz CT molecular complexity index is 470.